The van der Waals surface area contributed by atoms with E-state index in [0.717, 1.165) is 41.0 Å². The van der Waals surface area contributed by atoms with Crippen LogP contribution in [0.2, 0.25) is 5.15 Å². The number of hydrogen-bond acceptors (Lipinski definition) is 3. The van der Waals surface area contributed by atoms with Gasteiger partial charge in [-0.2, -0.15) is 5.10 Å². The fourth-order valence-electron chi connectivity index (χ4n) is 4.74. The number of nitrogens with one attached hydrogen (secondary N) is 1. The van der Waals surface area contributed by atoms with Gasteiger partial charge in [-0.25, -0.2) is 4.39 Å². The Balaban J connectivity index is 1.65. The smallest absolute Gasteiger partial charge is 0.165 e. The van der Waals surface area contributed by atoms with Crippen molar-refractivity contribution in [2.75, 3.05) is 13.7 Å². The first-order valence-electron chi connectivity index (χ1n) is 10.3. The van der Waals surface area contributed by atoms with E-state index in [1.165, 1.54) is 24.1 Å². The summed E-state index contributed by atoms with van der Waals surface area (Å²) in [7, 11) is 3.35. The predicted octanol–water partition coefficient (Wildman–Crippen LogP) is 5.16. The number of ether oxygens (including phenoxy) is 1. The zero-order chi connectivity index (χ0) is 21.7. The van der Waals surface area contributed by atoms with Crippen molar-refractivity contribution in [1.82, 2.24) is 19.7 Å². The monoisotopic (exact) mass is 438 g/mol. The van der Waals surface area contributed by atoms with Gasteiger partial charge in [-0.15, -0.1) is 0 Å². The van der Waals surface area contributed by atoms with Gasteiger partial charge < -0.3 is 9.72 Å². The minimum Gasteiger partial charge on any atom is -0.494 e. The second-order valence-electron chi connectivity index (χ2n) is 8.06. The Morgan fingerprint density at radius 1 is 1.26 bits per heavy atom. The van der Waals surface area contributed by atoms with Gasteiger partial charge in [0.25, 0.3) is 0 Å². The molecule has 5 nitrogen and oxygen atoms in total. The lowest BCUT2D eigenvalue weighted by atomic mass is 9.91. The van der Waals surface area contributed by atoms with Gasteiger partial charge >= 0.3 is 0 Å². The molecule has 2 aromatic carbocycles. The van der Waals surface area contributed by atoms with Crippen molar-refractivity contribution in [3.63, 3.8) is 0 Å². The largest absolute Gasteiger partial charge is 0.494 e. The van der Waals surface area contributed by atoms with Gasteiger partial charge in [-0.05, 0) is 42.7 Å². The molecule has 0 radical (unpaired) electrons. The molecule has 1 aliphatic rings. The molecule has 4 aromatic rings. The van der Waals surface area contributed by atoms with Gasteiger partial charge in [0.15, 0.2) is 11.6 Å². The van der Waals surface area contributed by atoms with Crippen LogP contribution in [0.3, 0.4) is 0 Å². The van der Waals surface area contributed by atoms with Crippen molar-refractivity contribution in [2.45, 2.75) is 25.9 Å². The molecule has 5 rings (SSSR count). The number of aromatic nitrogens is 3. The van der Waals surface area contributed by atoms with Crippen molar-refractivity contribution in [1.29, 1.82) is 0 Å². The van der Waals surface area contributed by atoms with Crippen molar-refractivity contribution < 1.29 is 9.13 Å². The molecule has 3 heterocycles. The number of methoxy groups -OCH3 is 1. The summed E-state index contributed by atoms with van der Waals surface area (Å²) < 4.78 is 21.2. The molecule has 0 aliphatic carbocycles. The summed E-state index contributed by atoms with van der Waals surface area (Å²) in [6.07, 6.45) is 0.922. The molecule has 160 valence electrons. The lowest BCUT2D eigenvalue weighted by Gasteiger charge is -2.36. The van der Waals surface area contributed by atoms with E-state index in [1.54, 1.807) is 10.7 Å². The Kier molecular flexibility index (Phi) is 4.99. The third kappa shape index (κ3) is 3.30. The van der Waals surface area contributed by atoms with E-state index in [0.29, 0.717) is 11.7 Å². The summed E-state index contributed by atoms with van der Waals surface area (Å²) in [6, 6.07) is 13.4. The van der Waals surface area contributed by atoms with Gasteiger partial charge in [0.1, 0.15) is 5.15 Å². The highest BCUT2D eigenvalue weighted by atomic mass is 35.5. The highest BCUT2D eigenvalue weighted by Crippen LogP contribution is 2.40. The number of H-pyrrole nitrogens is 1. The van der Waals surface area contributed by atoms with Crippen molar-refractivity contribution >= 4 is 22.5 Å². The molecule has 0 spiro atoms. The lowest BCUT2D eigenvalue weighted by molar-refractivity contribution is 0.201. The van der Waals surface area contributed by atoms with E-state index in [1.807, 2.05) is 26.1 Å². The maximum absolute atomic E-state index is 14.2. The average molecular weight is 439 g/mol. The second kappa shape index (κ2) is 7.70. The van der Waals surface area contributed by atoms with Crippen LogP contribution in [0.5, 0.6) is 5.75 Å². The summed E-state index contributed by atoms with van der Waals surface area (Å²) in [5.74, 6) is -0.118. The van der Waals surface area contributed by atoms with E-state index in [2.05, 4.69) is 33.2 Å². The molecule has 0 amide bonds. The van der Waals surface area contributed by atoms with Crippen LogP contribution >= 0.6 is 11.6 Å². The van der Waals surface area contributed by atoms with Gasteiger partial charge in [0.05, 0.1) is 18.8 Å². The summed E-state index contributed by atoms with van der Waals surface area (Å²) in [6.45, 7) is 3.48. The molecule has 1 atom stereocenters. The van der Waals surface area contributed by atoms with Crippen molar-refractivity contribution in [3.8, 4) is 5.75 Å². The number of hydrogen-bond donors (Lipinski definition) is 1. The molecule has 31 heavy (non-hydrogen) atoms. The van der Waals surface area contributed by atoms with Crippen LogP contribution in [0, 0.1) is 12.7 Å². The third-order valence-electron chi connectivity index (χ3n) is 6.26. The Labute approximate surface area is 185 Å². The van der Waals surface area contributed by atoms with Crippen LogP contribution in [-0.2, 0) is 20.0 Å². The molecular weight excluding hydrogens is 415 g/mol. The Hall–Kier alpha value is -2.83. The standard InChI is InChI=1S/C24H24ClFN4O/c1-14-18(24(25)29(2)28-14)13-30-11-10-17-16-6-4-5-7-20(16)27-22(17)23(30)15-8-9-19(26)21(12-15)31-3/h4-9,12,23,27H,10-11,13H2,1-3H3. The quantitative estimate of drug-likeness (QED) is 0.478. The zero-order valence-corrected chi connectivity index (χ0v) is 18.5. The van der Waals surface area contributed by atoms with Crippen molar-refractivity contribution in [3.05, 3.63) is 81.5 Å². The summed E-state index contributed by atoms with van der Waals surface area (Å²) >= 11 is 6.56. The summed E-state index contributed by atoms with van der Waals surface area (Å²) in [4.78, 5) is 6.01. The SMILES string of the molecule is COc1cc(C2c3[nH]c4ccccc4c3CCN2Cc2c(C)nn(C)c2Cl)ccc1F. The summed E-state index contributed by atoms with van der Waals surface area (Å²) in [5.41, 5.74) is 6.48. The normalized spacial score (nSPS) is 16.6. The minimum absolute atomic E-state index is 0.0821. The molecule has 0 fully saturated rings. The molecule has 7 heteroatoms. The molecule has 1 N–H and O–H groups in total. The Bertz CT molecular complexity index is 1280. The van der Waals surface area contributed by atoms with Gasteiger partial charge in [0, 0.05) is 42.3 Å². The van der Waals surface area contributed by atoms with E-state index in [4.69, 9.17) is 16.3 Å². The number of nitrogens with zero attached hydrogens (tertiary/aromatic N) is 3. The summed E-state index contributed by atoms with van der Waals surface area (Å²) in [5, 5.41) is 6.36. The number of halogens is 2. The lowest BCUT2D eigenvalue weighted by Crippen LogP contribution is -2.35. The van der Waals surface area contributed by atoms with Crippen LogP contribution in [0.25, 0.3) is 10.9 Å². The Morgan fingerprint density at radius 2 is 2.06 bits per heavy atom. The predicted molar refractivity (Wildman–Crippen MR) is 120 cm³/mol. The van der Waals surface area contributed by atoms with E-state index in [-0.39, 0.29) is 17.6 Å². The zero-order valence-electron chi connectivity index (χ0n) is 17.7. The van der Waals surface area contributed by atoms with Crippen molar-refractivity contribution in [2.24, 2.45) is 7.05 Å². The molecule has 1 unspecified atom stereocenters. The van der Waals surface area contributed by atoms with E-state index < -0.39 is 0 Å². The molecular formula is C24H24ClFN4O. The molecule has 0 saturated heterocycles. The minimum atomic E-state index is -0.364. The average Bonchev–Trinajstić information content (AvgIpc) is 3.26. The van der Waals surface area contributed by atoms with E-state index in [9.17, 15) is 4.39 Å². The molecule has 0 bridgehead atoms. The number of para-hydroxylation sites is 1. The Morgan fingerprint density at radius 3 is 2.81 bits per heavy atom. The van der Waals surface area contributed by atoms with Crippen LogP contribution < -0.4 is 4.74 Å². The van der Waals surface area contributed by atoms with Crippen LogP contribution in [0.15, 0.2) is 42.5 Å². The first-order chi connectivity index (χ1) is 15.0. The molecule has 2 aromatic heterocycles. The molecule has 0 saturated carbocycles. The van der Waals surface area contributed by atoms with E-state index >= 15 is 0 Å². The number of fused-ring (bicyclic) bond motifs is 3. The number of aromatic amines is 1. The highest BCUT2D eigenvalue weighted by molar-refractivity contribution is 6.30. The first kappa shape index (κ1) is 20.1. The number of benzene rings is 2. The number of aryl methyl sites for hydroxylation is 2. The maximum atomic E-state index is 14.2. The second-order valence-corrected chi connectivity index (χ2v) is 8.42. The fourth-order valence-corrected chi connectivity index (χ4v) is 4.98. The van der Waals surface area contributed by atoms with Gasteiger partial charge in [-0.3, -0.25) is 9.58 Å². The molecule has 1 aliphatic heterocycles. The first-order valence-corrected chi connectivity index (χ1v) is 10.7. The van der Waals surface area contributed by atoms with Gasteiger partial charge in [-0.1, -0.05) is 35.9 Å². The van der Waals surface area contributed by atoms with Crippen LogP contribution in [0.1, 0.15) is 34.1 Å². The fraction of sp³-hybridized carbons (Fsp3) is 0.292. The van der Waals surface area contributed by atoms with Gasteiger partial charge in [0.2, 0.25) is 0 Å². The topological polar surface area (TPSA) is 46.1 Å². The highest BCUT2D eigenvalue weighted by Gasteiger charge is 2.33. The van der Waals surface area contributed by atoms with Crippen LogP contribution in [0.4, 0.5) is 4.39 Å². The van der Waals surface area contributed by atoms with Crippen LogP contribution in [-0.4, -0.2) is 33.3 Å². The number of rotatable bonds is 4. The third-order valence-corrected chi connectivity index (χ3v) is 6.73. The maximum Gasteiger partial charge on any atom is 0.165 e.